The molecule has 2 fully saturated rings. The summed E-state index contributed by atoms with van der Waals surface area (Å²) in [5.41, 5.74) is 1.03. The fourth-order valence-corrected chi connectivity index (χ4v) is 12.3. The van der Waals surface area contributed by atoms with Gasteiger partial charge in [-0.1, -0.05) is 19.9 Å². The van der Waals surface area contributed by atoms with E-state index in [-0.39, 0.29) is 0 Å². The average molecular weight is 318 g/mol. The minimum atomic E-state index is -0.837. The van der Waals surface area contributed by atoms with Gasteiger partial charge in [0.15, 0.2) is 0 Å². The lowest BCUT2D eigenvalue weighted by atomic mass is 9.76. The normalized spacial score (nSPS) is 45.6. The van der Waals surface area contributed by atoms with Crippen LogP contribution in [0.1, 0.15) is 46.0 Å². The summed E-state index contributed by atoms with van der Waals surface area (Å²) in [5, 5.41) is 0. The Morgan fingerprint density at radius 1 is 1.29 bits per heavy atom. The highest BCUT2D eigenvalue weighted by Crippen LogP contribution is 2.77. The first-order valence-corrected chi connectivity index (χ1v) is 11.5. The van der Waals surface area contributed by atoms with E-state index in [0.717, 1.165) is 23.4 Å². The van der Waals surface area contributed by atoms with Crippen molar-refractivity contribution in [3.05, 3.63) is 12.7 Å². The molecule has 98 valence electrons. The van der Waals surface area contributed by atoms with Crippen molar-refractivity contribution >= 4 is 21.5 Å². The second-order valence-electron chi connectivity index (χ2n) is 6.36. The van der Waals surface area contributed by atoms with Crippen molar-refractivity contribution in [3.63, 3.8) is 0 Å². The summed E-state index contributed by atoms with van der Waals surface area (Å²) in [6.45, 7) is 8.86. The molecule has 0 nitrogen and oxygen atoms in total. The maximum absolute atomic E-state index is 4.27. The van der Waals surface area contributed by atoms with E-state index in [1.54, 1.807) is 0 Å². The molecule has 0 aromatic carbocycles. The first-order valence-electron chi connectivity index (χ1n) is 7.24. The number of rotatable bonds is 4. The Labute approximate surface area is 116 Å². The Balaban J connectivity index is 2.05. The summed E-state index contributed by atoms with van der Waals surface area (Å²) in [4.78, 5) is 0. The van der Waals surface area contributed by atoms with E-state index in [2.05, 4.69) is 42.0 Å². The van der Waals surface area contributed by atoms with Crippen LogP contribution in [0, 0.1) is 17.8 Å². The third kappa shape index (κ3) is 2.98. The molecule has 2 unspecified atom stereocenters. The molecule has 2 heteroatoms. The first kappa shape index (κ1) is 14.1. The minimum Gasteiger partial charge on any atom is -0.103 e. The summed E-state index contributed by atoms with van der Waals surface area (Å²) >= 11 is 4.27. The molecule has 2 rings (SSSR count). The first-order chi connectivity index (χ1) is 8.07. The van der Waals surface area contributed by atoms with Gasteiger partial charge in [0.1, 0.15) is 15.5 Å². The molecule has 1 heterocycles. The summed E-state index contributed by atoms with van der Waals surface area (Å²) in [5.74, 6) is 2.14. The predicted octanol–water partition coefficient (Wildman–Crippen LogP) is 5.73. The standard InChI is InChI=1S/C15H27BrP/c1-4-5-6-9-17(16)11-13(3)14-8-7-12(2)15(17)10-14/h4,12-15H,1,5-11H2,2-3H3/q+1/t12-,13?,14+,15+,17?/m0/s1. The van der Waals surface area contributed by atoms with E-state index < -0.39 is 5.96 Å². The van der Waals surface area contributed by atoms with Crippen molar-refractivity contribution in [1.82, 2.24) is 0 Å². The van der Waals surface area contributed by atoms with Crippen molar-refractivity contribution in [1.29, 1.82) is 0 Å². The molecule has 1 saturated heterocycles. The molecule has 1 aliphatic heterocycles. The molecule has 0 amide bonds. The van der Waals surface area contributed by atoms with Gasteiger partial charge in [0, 0.05) is 0 Å². The number of halogens is 1. The Hall–Kier alpha value is 0.650. The Morgan fingerprint density at radius 3 is 2.76 bits per heavy atom. The fourth-order valence-electron chi connectivity index (χ4n) is 4.01. The van der Waals surface area contributed by atoms with E-state index in [4.69, 9.17) is 0 Å². The van der Waals surface area contributed by atoms with Crippen LogP contribution in [0.15, 0.2) is 12.7 Å². The topological polar surface area (TPSA) is 0 Å². The molecule has 1 saturated carbocycles. The zero-order valence-electron chi connectivity index (χ0n) is 11.4. The average Bonchev–Trinajstić information content (AvgIpc) is 2.28. The lowest BCUT2D eigenvalue weighted by molar-refractivity contribution is 0.226. The molecule has 17 heavy (non-hydrogen) atoms. The molecule has 1 aliphatic carbocycles. The third-order valence-electron chi connectivity index (χ3n) is 5.12. The number of fused-ring (bicyclic) bond motifs is 2. The molecule has 2 bridgehead atoms. The Kier molecular flexibility index (Phi) is 4.75. The van der Waals surface area contributed by atoms with Gasteiger partial charge in [-0.25, -0.2) is 0 Å². The van der Waals surface area contributed by atoms with E-state index in [0.29, 0.717) is 0 Å². The maximum Gasteiger partial charge on any atom is 0.139 e. The fraction of sp³-hybridized carbons (Fsp3) is 0.867. The van der Waals surface area contributed by atoms with Crippen LogP contribution in [0.3, 0.4) is 0 Å². The van der Waals surface area contributed by atoms with Crippen molar-refractivity contribution in [2.24, 2.45) is 17.8 Å². The van der Waals surface area contributed by atoms with Crippen LogP contribution in [0.4, 0.5) is 0 Å². The molecule has 0 aromatic heterocycles. The molecule has 0 spiro atoms. The van der Waals surface area contributed by atoms with Crippen molar-refractivity contribution in [3.8, 4) is 0 Å². The van der Waals surface area contributed by atoms with Gasteiger partial charge < -0.3 is 0 Å². The zero-order valence-corrected chi connectivity index (χ0v) is 13.8. The summed E-state index contributed by atoms with van der Waals surface area (Å²) in [6.07, 6.45) is 12.1. The van der Waals surface area contributed by atoms with Gasteiger partial charge >= 0.3 is 0 Å². The zero-order chi connectivity index (χ0) is 12.5. The van der Waals surface area contributed by atoms with Crippen LogP contribution in [-0.2, 0) is 0 Å². The van der Waals surface area contributed by atoms with E-state index in [1.807, 2.05) is 0 Å². The number of allylic oxidation sites excluding steroid dienone is 1. The quantitative estimate of drug-likeness (QED) is 0.352. The largest absolute Gasteiger partial charge is 0.139 e. The summed E-state index contributed by atoms with van der Waals surface area (Å²) in [6, 6.07) is 0. The van der Waals surface area contributed by atoms with Gasteiger partial charge in [0.25, 0.3) is 0 Å². The van der Waals surface area contributed by atoms with E-state index in [1.165, 1.54) is 44.4 Å². The predicted molar refractivity (Wildman–Crippen MR) is 84.5 cm³/mol. The van der Waals surface area contributed by atoms with Gasteiger partial charge in [-0.2, -0.15) is 0 Å². The smallest absolute Gasteiger partial charge is 0.103 e. The van der Waals surface area contributed by atoms with Crippen LogP contribution < -0.4 is 0 Å². The summed E-state index contributed by atoms with van der Waals surface area (Å²) < 4.78 is 0. The van der Waals surface area contributed by atoms with E-state index in [9.17, 15) is 0 Å². The molecular weight excluding hydrogens is 291 g/mol. The Morgan fingerprint density at radius 2 is 2.06 bits per heavy atom. The number of hydrogen-bond donors (Lipinski definition) is 0. The van der Waals surface area contributed by atoms with Gasteiger partial charge in [-0.3, -0.25) is 0 Å². The Bertz CT molecular complexity index is 278. The SMILES string of the molecule is C=CCCC[P+]1(Br)CC(C)[C@@H]2CC[C@H](C)[C@H]1C2. The number of hydrogen-bond acceptors (Lipinski definition) is 0. The molecule has 0 radical (unpaired) electrons. The third-order valence-corrected chi connectivity index (χ3v) is 12.8. The molecule has 2 aliphatic rings. The van der Waals surface area contributed by atoms with Crippen LogP contribution in [0.5, 0.6) is 0 Å². The molecule has 0 N–H and O–H groups in total. The summed E-state index contributed by atoms with van der Waals surface area (Å²) in [7, 11) is 0. The minimum absolute atomic E-state index is 0.837. The maximum atomic E-state index is 4.27. The lowest BCUT2D eigenvalue weighted by Crippen LogP contribution is -2.39. The van der Waals surface area contributed by atoms with Crippen LogP contribution in [0.2, 0.25) is 0 Å². The highest BCUT2D eigenvalue weighted by molar-refractivity contribution is 9.42. The second-order valence-corrected chi connectivity index (χ2v) is 13.9. The van der Waals surface area contributed by atoms with Gasteiger partial charge in [-0.15, -0.1) is 6.58 Å². The molecule has 5 atom stereocenters. The van der Waals surface area contributed by atoms with Crippen molar-refractivity contribution in [2.45, 2.75) is 51.6 Å². The van der Waals surface area contributed by atoms with Crippen LogP contribution >= 0.6 is 21.5 Å². The van der Waals surface area contributed by atoms with Gasteiger partial charge in [-0.05, 0) is 49.9 Å². The van der Waals surface area contributed by atoms with Crippen molar-refractivity contribution in [2.75, 3.05) is 12.3 Å². The molecule has 0 aromatic rings. The lowest BCUT2D eigenvalue weighted by Gasteiger charge is -2.46. The van der Waals surface area contributed by atoms with Gasteiger partial charge in [0.2, 0.25) is 0 Å². The number of unbranched alkanes of at least 4 members (excludes halogenated alkanes) is 1. The van der Waals surface area contributed by atoms with E-state index >= 15 is 0 Å². The van der Waals surface area contributed by atoms with Crippen LogP contribution in [0.25, 0.3) is 0 Å². The highest BCUT2D eigenvalue weighted by atomic mass is 79.9. The van der Waals surface area contributed by atoms with Gasteiger partial charge in [0.05, 0.1) is 23.9 Å². The highest BCUT2D eigenvalue weighted by Gasteiger charge is 2.54. The van der Waals surface area contributed by atoms with Crippen molar-refractivity contribution < 1.29 is 0 Å². The monoisotopic (exact) mass is 317 g/mol. The second kappa shape index (κ2) is 5.74. The molecular formula is C15H27BrP+. The van der Waals surface area contributed by atoms with Crippen LogP contribution in [-0.4, -0.2) is 18.0 Å².